The highest BCUT2D eigenvalue weighted by atomic mass is 35.5. The van der Waals surface area contributed by atoms with Crippen LogP contribution in [0, 0.1) is 5.92 Å². The number of pyridine rings is 1. The molecule has 0 bridgehead atoms. The van der Waals surface area contributed by atoms with Crippen molar-refractivity contribution in [2.45, 2.75) is 18.7 Å². The third kappa shape index (κ3) is 4.31. The molecule has 0 radical (unpaired) electrons. The quantitative estimate of drug-likeness (QED) is 0.567. The van der Waals surface area contributed by atoms with Crippen LogP contribution >= 0.6 is 11.6 Å². The number of aromatic nitrogens is 1. The molecule has 1 heterocycles. The average molecular weight is 401 g/mol. The molecular weight excluding hydrogens is 380 g/mol. The van der Waals surface area contributed by atoms with E-state index < -0.39 is 10.0 Å². The standard InChI is InChI=1S/C21H21ClN2O2S/c1-16(2)15-24(27(25,26)18-8-4-3-5-9-18)17-11-12-20(22)19(14-17)21-10-6-7-13-23-21/h3-14,16H,15H2,1-2H3. The molecule has 0 spiro atoms. The van der Waals surface area contributed by atoms with Gasteiger partial charge in [-0.2, -0.15) is 0 Å². The van der Waals surface area contributed by atoms with E-state index >= 15 is 0 Å². The van der Waals surface area contributed by atoms with Crippen LogP contribution in [0.5, 0.6) is 0 Å². The summed E-state index contributed by atoms with van der Waals surface area (Å²) >= 11 is 6.36. The van der Waals surface area contributed by atoms with Crippen molar-refractivity contribution in [3.8, 4) is 11.3 Å². The van der Waals surface area contributed by atoms with E-state index in [-0.39, 0.29) is 10.8 Å². The van der Waals surface area contributed by atoms with Gasteiger partial charge in [0.2, 0.25) is 0 Å². The van der Waals surface area contributed by atoms with Gasteiger partial charge in [-0.05, 0) is 48.4 Å². The molecule has 27 heavy (non-hydrogen) atoms. The van der Waals surface area contributed by atoms with Gasteiger partial charge in [-0.25, -0.2) is 8.42 Å². The maximum atomic E-state index is 13.3. The summed E-state index contributed by atoms with van der Waals surface area (Å²) in [7, 11) is -3.69. The number of rotatable bonds is 6. The predicted octanol–water partition coefficient (Wildman–Crippen LogP) is 5.25. The zero-order valence-electron chi connectivity index (χ0n) is 15.2. The topological polar surface area (TPSA) is 50.3 Å². The molecule has 1 aromatic heterocycles. The summed E-state index contributed by atoms with van der Waals surface area (Å²) in [6.07, 6.45) is 1.69. The van der Waals surface area contributed by atoms with E-state index in [4.69, 9.17) is 11.6 Å². The molecule has 0 atom stereocenters. The summed E-state index contributed by atoms with van der Waals surface area (Å²) in [6, 6.07) is 19.3. The van der Waals surface area contributed by atoms with Crippen LogP contribution in [0.4, 0.5) is 5.69 Å². The molecule has 0 aliphatic heterocycles. The highest BCUT2D eigenvalue weighted by Crippen LogP contribution is 2.33. The van der Waals surface area contributed by atoms with Gasteiger partial charge in [-0.15, -0.1) is 0 Å². The second-order valence-electron chi connectivity index (χ2n) is 6.62. The predicted molar refractivity (Wildman–Crippen MR) is 110 cm³/mol. The highest BCUT2D eigenvalue weighted by Gasteiger charge is 2.26. The minimum Gasteiger partial charge on any atom is -0.266 e. The fourth-order valence-corrected chi connectivity index (χ4v) is 4.64. The Balaban J connectivity index is 2.12. The molecule has 0 saturated carbocycles. The molecular formula is C21H21ClN2O2S. The number of hydrogen-bond acceptors (Lipinski definition) is 3. The Labute approximate surface area is 165 Å². The summed E-state index contributed by atoms with van der Waals surface area (Å²) in [5.74, 6) is 0.150. The molecule has 4 nitrogen and oxygen atoms in total. The van der Waals surface area contributed by atoms with Gasteiger partial charge in [0.15, 0.2) is 0 Å². The number of halogens is 1. The van der Waals surface area contributed by atoms with Crippen LogP contribution in [-0.2, 0) is 10.0 Å². The largest absolute Gasteiger partial charge is 0.266 e. The van der Waals surface area contributed by atoms with Crippen molar-refractivity contribution in [1.29, 1.82) is 0 Å². The Morgan fingerprint density at radius 1 is 1.00 bits per heavy atom. The first-order valence-corrected chi connectivity index (χ1v) is 10.5. The molecule has 0 fully saturated rings. The summed E-state index contributed by atoms with van der Waals surface area (Å²) in [6.45, 7) is 4.34. The van der Waals surface area contributed by atoms with E-state index in [1.165, 1.54) is 4.31 Å². The van der Waals surface area contributed by atoms with Crippen molar-refractivity contribution >= 4 is 27.3 Å². The number of benzene rings is 2. The zero-order chi connectivity index (χ0) is 19.4. The number of sulfonamides is 1. The van der Waals surface area contributed by atoms with Gasteiger partial charge in [-0.3, -0.25) is 9.29 Å². The molecule has 3 rings (SSSR count). The van der Waals surface area contributed by atoms with Crippen molar-refractivity contribution < 1.29 is 8.42 Å². The molecule has 0 aliphatic carbocycles. The highest BCUT2D eigenvalue weighted by molar-refractivity contribution is 7.92. The zero-order valence-corrected chi connectivity index (χ0v) is 16.8. The summed E-state index contributed by atoms with van der Waals surface area (Å²) in [5.41, 5.74) is 1.97. The van der Waals surface area contributed by atoms with Crippen LogP contribution in [0.3, 0.4) is 0 Å². The lowest BCUT2D eigenvalue weighted by Crippen LogP contribution is -2.34. The molecule has 0 saturated heterocycles. The van der Waals surface area contributed by atoms with Crippen LogP contribution in [0.1, 0.15) is 13.8 Å². The van der Waals surface area contributed by atoms with Gasteiger partial charge < -0.3 is 0 Å². The number of nitrogens with zero attached hydrogens (tertiary/aromatic N) is 2. The monoisotopic (exact) mass is 400 g/mol. The van der Waals surface area contributed by atoms with Crippen LogP contribution in [0.25, 0.3) is 11.3 Å². The average Bonchev–Trinajstić information content (AvgIpc) is 2.68. The molecule has 0 unspecified atom stereocenters. The molecule has 0 N–H and O–H groups in total. The summed E-state index contributed by atoms with van der Waals surface area (Å²) in [5, 5.41) is 0.527. The lowest BCUT2D eigenvalue weighted by molar-refractivity contribution is 0.578. The normalized spacial score (nSPS) is 11.6. The molecule has 0 aliphatic rings. The van der Waals surface area contributed by atoms with Crippen molar-refractivity contribution in [2.24, 2.45) is 5.92 Å². The molecule has 0 amide bonds. The van der Waals surface area contributed by atoms with Crippen molar-refractivity contribution in [1.82, 2.24) is 4.98 Å². The smallest absolute Gasteiger partial charge is 0.264 e. The van der Waals surface area contributed by atoms with E-state index in [9.17, 15) is 8.42 Å². The second-order valence-corrected chi connectivity index (χ2v) is 8.89. The minimum atomic E-state index is -3.69. The van der Waals surface area contributed by atoms with E-state index in [1.54, 1.807) is 54.7 Å². The maximum Gasteiger partial charge on any atom is 0.264 e. The summed E-state index contributed by atoms with van der Waals surface area (Å²) < 4.78 is 28.0. The van der Waals surface area contributed by atoms with Crippen LogP contribution in [-0.4, -0.2) is 19.9 Å². The molecule has 3 aromatic rings. The Kier molecular flexibility index (Phi) is 5.82. The SMILES string of the molecule is CC(C)CN(c1ccc(Cl)c(-c2ccccn2)c1)S(=O)(=O)c1ccccc1. The van der Waals surface area contributed by atoms with Gasteiger partial charge >= 0.3 is 0 Å². The van der Waals surface area contributed by atoms with Gasteiger partial charge in [0.1, 0.15) is 0 Å². The van der Waals surface area contributed by atoms with Crippen LogP contribution in [0.15, 0.2) is 77.8 Å². The summed E-state index contributed by atoms with van der Waals surface area (Å²) in [4.78, 5) is 4.60. The third-order valence-corrected chi connectivity index (χ3v) is 6.18. The van der Waals surface area contributed by atoms with Crippen LogP contribution < -0.4 is 4.31 Å². The minimum absolute atomic E-state index is 0.150. The Hall–Kier alpha value is -2.37. The van der Waals surface area contributed by atoms with Gasteiger partial charge in [-0.1, -0.05) is 49.7 Å². The van der Waals surface area contributed by atoms with Gasteiger partial charge in [0.05, 0.1) is 21.3 Å². The number of hydrogen-bond donors (Lipinski definition) is 0. The molecule has 2 aromatic carbocycles. The lowest BCUT2D eigenvalue weighted by atomic mass is 10.1. The maximum absolute atomic E-state index is 13.3. The van der Waals surface area contributed by atoms with E-state index in [0.717, 1.165) is 0 Å². The van der Waals surface area contributed by atoms with E-state index in [0.29, 0.717) is 28.5 Å². The van der Waals surface area contributed by atoms with E-state index in [2.05, 4.69) is 4.98 Å². The fourth-order valence-electron chi connectivity index (χ4n) is 2.78. The van der Waals surface area contributed by atoms with Crippen molar-refractivity contribution in [3.63, 3.8) is 0 Å². The lowest BCUT2D eigenvalue weighted by Gasteiger charge is -2.27. The Morgan fingerprint density at radius 3 is 2.33 bits per heavy atom. The van der Waals surface area contributed by atoms with Gasteiger partial charge in [0.25, 0.3) is 10.0 Å². The van der Waals surface area contributed by atoms with Crippen LogP contribution in [0.2, 0.25) is 5.02 Å². The Morgan fingerprint density at radius 2 is 1.70 bits per heavy atom. The molecule has 140 valence electrons. The third-order valence-electron chi connectivity index (χ3n) is 4.04. The first-order chi connectivity index (χ1) is 12.9. The molecule has 6 heteroatoms. The van der Waals surface area contributed by atoms with Crippen molar-refractivity contribution in [2.75, 3.05) is 10.8 Å². The first-order valence-electron chi connectivity index (χ1n) is 8.68. The number of anilines is 1. The van der Waals surface area contributed by atoms with Crippen molar-refractivity contribution in [3.05, 3.63) is 77.9 Å². The first kappa shape index (κ1) is 19.4. The van der Waals surface area contributed by atoms with Gasteiger partial charge in [0, 0.05) is 18.3 Å². The van der Waals surface area contributed by atoms with E-state index in [1.807, 2.05) is 32.0 Å². The Bertz CT molecular complexity index is 1010. The second kappa shape index (κ2) is 8.11. The fraction of sp³-hybridized carbons (Fsp3) is 0.190.